The van der Waals surface area contributed by atoms with Crippen LogP contribution in [0.25, 0.3) is 0 Å². The first-order valence-corrected chi connectivity index (χ1v) is 18.1. The maximum absolute atomic E-state index is 14.4. The molecule has 0 fully saturated rings. The van der Waals surface area contributed by atoms with Crippen molar-refractivity contribution in [2.24, 2.45) is 0 Å². The summed E-state index contributed by atoms with van der Waals surface area (Å²) >= 11 is 0. The number of hydrogen-bond donors (Lipinski definition) is 1. The number of carbonyl (C=O) groups is 1. The molecule has 5 nitrogen and oxygen atoms in total. The normalized spacial score (nSPS) is 12.7. The molecule has 2 atom stereocenters. The molecule has 0 saturated heterocycles. The van der Waals surface area contributed by atoms with Gasteiger partial charge < -0.3 is 4.74 Å². The highest BCUT2D eigenvalue weighted by Gasteiger charge is 2.34. The molecule has 0 aliphatic heterocycles. The number of hydrogen-bond acceptors (Lipinski definition) is 4. The van der Waals surface area contributed by atoms with E-state index in [1.807, 2.05) is 122 Å². The average molecular weight is 656 g/mol. The minimum absolute atomic E-state index is 0.129. The summed E-state index contributed by atoms with van der Waals surface area (Å²) in [6.45, 7) is 1.90. The highest BCUT2D eigenvalue weighted by molar-refractivity contribution is 7.89. The van der Waals surface area contributed by atoms with Gasteiger partial charge in [0.15, 0.2) is 0 Å². The Bertz CT molecular complexity index is 1980. The zero-order valence-corrected chi connectivity index (χ0v) is 27.5. The molecule has 0 amide bonds. The lowest BCUT2D eigenvalue weighted by Crippen LogP contribution is -2.35. The van der Waals surface area contributed by atoms with Crippen LogP contribution in [-0.2, 0) is 14.8 Å². The van der Waals surface area contributed by atoms with Crippen LogP contribution in [0.5, 0.6) is 0 Å². The third-order valence-electron chi connectivity index (χ3n) is 7.83. The van der Waals surface area contributed by atoms with Crippen LogP contribution in [0.2, 0.25) is 0 Å². The van der Waals surface area contributed by atoms with E-state index in [0.717, 1.165) is 21.5 Å². The molecule has 0 unspecified atom stereocenters. The first-order valence-electron chi connectivity index (χ1n) is 15.3. The predicted octanol–water partition coefficient (Wildman–Crippen LogP) is 7.37. The average Bonchev–Trinajstić information content (AvgIpc) is 3.12. The van der Waals surface area contributed by atoms with Crippen molar-refractivity contribution in [1.29, 1.82) is 0 Å². The van der Waals surface area contributed by atoms with E-state index in [4.69, 9.17) is 4.74 Å². The SMILES string of the molecule is Cc1ccc(S(=O)(=O)N[C@@H](c2ccccc2)[C@@H](OC(=O)c2ccccc2P(c2ccccc2)c2ccccc2)c2ccccc2)cc1. The lowest BCUT2D eigenvalue weighted by atomic mass is 9.96. The van der Waals surface area contributed by atoms with Crippen molar-refractivity contribution in [3.63, 3.8) is 0 Å². The Kier molecular flexibility index (Phi) is 10.0. The topological polar surface area (TPSA) is 72.5 Å². The molecule has 0 saturated carbocycles. The van der Waals surface area contributed by atoms with E-state index in [9.17, 15) is 13.2 Å². The molecule has 6 rings (SSSR count). The summed E-state index contributed by atoms with van der Waals surface area (Å²) in [5.41, 5.74) is 2.70. The van der Waals surface area contributed by atoms with E-state index in [-0.39, 0.29) is 4.90 Å². The van der Waals surface area contributed by atoms with Crippen LogP contribution < -0.4 is 20.6 Å². The Balaban J connectivity index is 1.44. The highest BCUT2D eigenvalue weighted by atomic mass is 32.2. The lowest BCUT2D eigenvalue weighted by molar-refractivity contribution is 0.0215. The number of sulfonamides is 1. The van der Waals surface area contributed by atoms with Crippen molar-refractivity contribution in [1.82, 2.24) is 4.72 Å². The molecule has 6 aromatic carbocycles. The van der Waals surface area contributed by atoms with Crippen molar-refractivity contribution >= 4 is 39.8 Å². The maximum atomic E-state index is 14.4. The quantitative estimate of drug-likeness (QED) is 0.117. The molecule has 0 aromatic heterocycles. The van der Waals surface area contributed by atoms with Gasteiger partial charge in [0.05, 0.1) is 16.5 Å². The molecule has 234 valence electrons. The summed E-state index contributed by atoms with van der Waals surface area (Å²) in [5, 5.41) is 3.05. The molecular formula is C40H34NO4PS. The lowest BCUT2D eigenvalue weighted by Gasteiger charge is -2.29. The highest BCUT2D eigenvalue weighted by Crippen LogP contribution is 2.37. The Morgan fingerprint density at radius 2 is 1.06 bits per heavy atom. The number of esters is 1. The summed E-state index contributed by atoms with van der Waals surface area (Å²) in [6, 6.07) is 52.1. The molecule has 0 bridgehead atoms. The van der Waals surface area contributed by atoms with E-state index in [1.165, 1.54) is 0 Å². The second-order valence-corrected chi connectivity index (χ2v) is 15.0. The fourth-order valence-corrected chi connectivity index (χ4v) is 9.15. The summed E-state index contributed by atoms with van der Waals surface area (Å²) in [5.74, 6) is -0.538. The predicted molar refractivity (Wildman–Crippen MR) is 190 cm³/mol. The largest absolute Gasteiger partial charge is 0.452 e. The van der Waals surface area contributed by atoms with Gasteiger partial charge in [-0.1, -0.05) is 157 Å². The van der Waals surface area contributed by atoms with Crippen molar-refractivity contribution in [2.75, 3.05) is 0 Å². The number of aryl methyl sites for hydroxylation is 1. The van der Waals surface area contributed by atoms with Gasteiger partial charge in [-0.15, -0.1) is 0 Å². The summed E-state index contributed by atoms with van der Waals surface area (Å²) in [7, 11) is -5.11. The number of nitrogens with one attached hydrogen (secondary N) is 1. The second-order valence-electron chi connectivity index (χ2n) is 11.1. The van der Waals surface area contributed by atoms with Crippen LogP contribution in [-0.4, -0.2) is 14.4 Å². The van der Waals surface area contributed by atoms with E-state index in [2.05, 4.69) is 29.0 Å². The van der Waals surface area contributed by atoms with E-state index in [0.29, 0.717) is 16.7 Å². The molecule has 0 heterocycles. The first-order chi connectivity index (χ1) is 22.9. The van der Waals surface area contributed by atoms with Crippen LogP contribution >= 0.6 is 7.92 Å². The fourth-order valence-electron chi connectivity index (χ4n) is 5.49. The minimum Gasteiger partial charge on any atom is -0.452 e. The Hall–Kier alpha value is -4.87. The molecule has 0 radical (unpaired) electrons. The zero-order valence-electron chi connectivity index (χ0n) is 25.8. The zero-order chi connectivity index (χ0) is 32.6. The Labute approximate surface area is 277 Å². The van der Waals surface area contributed by atoms with Gasteiger partial charge in [-0.05, 0) is 60.1 Å². The molecule has 0 aliphatic carbocycles. The molecule has 1 N–H and O–H groups in total. The van der Waals surface area contributed by atoms with Crippen LogP contribution in [0.15, 0.2) is 175 Å². The third-order valence-corrected chi connectivity index (χ3v) is 11.8. The summed E-state index contributed by atoms with van der Waals surface area (Å²) < 4.78 is 37.0. The van der Waals surface area contributed by atoms with Crippen LogP contribution in [0.1, 0.15) is 39.2 Å². The smallest absolute Gasteiger partial charge is 0.339 e. The minimum atomic E-state index is -4.01. The number of benzene rings is 6. The fraction of sp³-hybridized carbons (Fsp3) is 0.0750. The molecule has 47 heavy (non-hydrogen) atoms. The van der Waals surface area contributed by atoms with E-state index < -0.39 is 36.1 Å². The molecule has 0 spiro atoms. The summed E-state index contributed by atoms with van der Waals surface area (Å²) in [6.07, 6.45) is -0.987. The van der Waals surface area contributed by atoms with Gasteiger partial charge in [0.25, 0.3) is 0 Å². The molecule has 7 heteroatoms. The molecular weight excluding hydrogens is 621 g/mol. The van der Waals surface area contributed by atoms with Gasteiger partial charge in [0.1, 0.15) is 6.10 Å². The van der Waals surface area contributed by atoms with Gasteiger partial charge in [-0.2, -0.15) is 4.72 Å². The van der Waals surface area contributed by atoms with Crippen molar-refractivity contribution in [2.45, 2.75) is 24.0 Å². The standard InChI is InChI=1S/C40H34NO4PS/c1-30-26-28-35(29-27-30)47(43,44)41-38(31-16-6-2-7-17-31)39(32-18-8-3-9-19-32)45-40(42)36-24-14-15-25-37(36)46(33-20-10-4-11-21-33)34-22-12-5-13-23-34/h2-29,38-39,41H,1H3/t38-,39-/m0/s1. The van der Waals surface area contributed by atoms with Crippen molar-refractivity contribution in [3.8, 4) is 0 Å². The molecule has 0 aliphatic rings. The van der Waals surface area contributed by atoms with Crippen LogP contribution in [0.3, 0.4) is 0 Å². The van der Waals surface area contributed by atoms with Crippen molar-refractivity contribution < 1.29 is 17.9 Å². The van der Waals surface area contributed by atoms with Crippen molar-refractivity contribution in [3.05, 3.63) is 192 Å². The first kappa shape index (κ1) is 32.1. The van der Waals surface area contributed by atoms with Crippen LogP contribution in [0.4, 0.5) is 0 Å². The van der Waals surface area contributed by atoms with Gasteiger partial charge >= 0.3 is 5.97 Å². The third kappa shape index (κ3) is 7.58. The van der Waals surface area contributed by atoms with Gasteiger partial charge in [-0.3, -0.25) is 0 Å². The Morgan fingerprint density at radius 3 is 1.62 bits per heavy atom. The van der Waals surface area contributed by atoms with Gasteiger partial charge in [0.2, 0.25) is 10.0 Å². The number of ether oxygens (including phenoxy) is 1. The molecule has 6 aromatic rings. The second kappa shape index (κ2) is 14.7. The monoisotopic (exact) mass is 655 g/mol. The number of carbonyl (C=O) groups excluding carboxylic acids is 1. The van der Waals surface area contributed by atoms with Gasteiger partial charge in [-0.25, -0.2) is 13.2 Å². The number of rotatable bonds is 11. The van der Waals surface area contributed by atoms with Gasteiger partial charge in [0, 0.05) is 0 Å². The Morgan fingerprint density at radius 1 is 0.596 bits per heavy atom. The summed E-state index contributed by atoms with van der Waals surface area (Å²) in [4.78, 5) is 14.6. The van der Waals surface area contributed by atoms with Crippen LogP contribution in [0, 0.1) is 6.92 Å². The van der Waals surface area contributed by atoms with E-state index in [1.54, 1.807) is 30.3 Å². The van der Waals surface area contributed by atoms with E-state index >= 15 is 0 Å². The maximum Gasteiger partial charge on any atom is 0.339 e.